The minimum absolute atomic E-state index is 0.104. The Balaban J connectivity index is 0.000000218. The zero-order valence-electron chi connectivity index (χ0n) is 19.5. The summed E-state index contributed by atoms with van der Waals surface area (Å²) in [5.41, 5.74) is 0.734. The van der Waals surface area contributed by atoms with Gasteiger partial charge in [-0.2, -0.15) is 0 Å². The number of fused-ring (bicyclic) bond motifs is 2. The molecule has 0 atom stereocenters. The highest BCUT2D eigenvalue weighted by Crippen LogP contribution is 2.26. The van der Waals surface area contributed by atoms with E-state index < -0.39 is 17.2 Å². The molecule has 0 saturated carbocycles. The van der Waals surface area contributed by atoms with E-state index >= 15 is 0 Å². The first kappa shape index (κ1) is 24.3. The molecule has 0 radical (unpaired) electrons. The number of aryl methyl sites for hydroxylation is 1. The summed E-state index contributed by atoms with van der Waals surface area (Å²) in [5.74, 6) is -2.00. The average molecular weight is 481 g/mol. The second-order valence-electron chi connectivity index (χ2n) is 8.38. The van der Waals surface area contributed by atoms with Gasteiger partial charge in [0.25, 0.3) is 0 Å². The van der Waals surface area contributed by atoms with E-state index in [4.69, 9.17) is 0 Å². The second-order valence-corrected chi connectivity index (χ2v) is 8.38. The van der Waals surface area contributed by atoms with Gasteiger partial charge in [0.15, 0.2) is 0 Å². The van der Waals surface area contributed by atoms with Crippen LogP contribution in [0.2, 0.25) is 0 Å². The predicted molar refractivity (Wildman–Crippen MR) is 132 cm³/mol. The second kappa shape index (κ2) is 10.2. The lowest BCUT2D eigenvalue weighted by Gasteiger charge is -2.34. The fourth-order valence-electron chi connectivity index (χ4n) is 4.17. The SMILES string of the molecule is CCn1cc(C(=O)O)c(=O)c2cc(F)c(N3CCN(C)CC3)cc21.Fc1cccc2ncccc12. The Morgan fingerprint density at radius 2 is 1.77 bits per heavy atom. The number of hydrogen-bond donors (Lipinski definition) is 1. The van der Waals surface area contributed by atoms with Crippen molar-refractivity contribution in [2.45, 2.75) is 13.5 Å². The number of benzene rings is 2. The van der Waals surface area contributed by atoms with Crippen molar-refractivity contribution in [3.05, 3.63) is 82.3 Å². The number of carboxylic acid groups (broad SMARTS) is 1. The maximum Gasteiger partial charge on any atom is 0.341 e. The first-order valence-electron chi connectivity index (χ1n) is 11.3. The minimum Gasteiger partial charge on any atom is -0.477 e. The van der Waals surface area contributed by atoms with E-state index in [1.54, 1.807) is 41.1 Å². The number of aromatic nitrogens is 2. The molecule has 9 heteroatoms. The van der Waals surface area contributed by atoms with Crippen molar-refractivity contribution in [2.75, 3.05) is 38.1 Å². The summed E-state index contributed by atoms with van der Waals surface area (Å²) in [6.07, 6.45) is 2.99. The summed E-state index contributed by atoms with van der Waals surface area (Å²) < 4.78 is 29.2. The summed E-state index contributed by atoms with van der Waals surface area (Å²) in [6, 6.07) is 11.2. The van der Waals surface area contributed by atoms with Crippen LogP contribution in [0.25, 0.3) is 21.8 Å². The Morgan fingerprint density at radius 1 is 1.03 bits per heavy atom. The Hall–Kier alpha value is -3.85. The van der Waals surface area contributed by atoms with Gasteiger partial charge in [-0.05, 0) is 50.4 Å². The molecule has 182 valence electrons. The molecule has 0 unspecified atom stereocenters. The van der Waals surface area contributed by atoms with Gasteiger partial charge in [-0.15, -0.1) is 0 Å². The Morgan fingerprint density at radius 3 is 2.43 bits per heavy atom. The van der Waals surface area contributed by atoms with Crippen LogP contribution in [0.15, 0.2) is 59.7 Å². The van der Waals surface area contributed by atoms with Gasteiger partial charge in [-0.3, -0.25) is 9.78 Å². The standard InChI is InChI=1S/C17H20FN3O3.C9H6FN/c1-3-20-10-12(17(23)24)16(22)11-8-13(18)15(9-14(11)20)21-6-4-19(2)5-7-21;10-8-4-1-5-9-7(8)3-2-6-11-9/h8-10H,3-7H2,1-2H3,(H,23,24);1-6H. The van der Waals surface area contributed by atoms with Crippen molar-refractivity contribution in [1.29, 1.82) is 0 Å². The number of aromatic carboxylic acids is 1. The van der Waals surface area contributed by atoms with Crippen LogP contribution < -0.4 is 10.3 Å². The van der Waals surface area contributed by atoms with Gasteiger partial charge in [-0.25, -0.2) is 13.6 Å². The van der Waals surface area contributed by atoms with E-state index in [9.17, 15) is 23.5 Å². The Labute approximate surface area is 200 Å². The van der Waals surface area contributed by atoms with Gasteiger partial charge < -0.3 is 19.5 Å². The quantitative estimate of drug-likeness (QED) is 0.478. The molecule has 35 heavy (non-hydrogen) atoms. The van der Waals surface area contributed by atoms with E-state index in [-0.39, 0.29) is 16.8 Å². The molecule has 1 N–H and O–H groups in total. The van der Waals surface area contributed by atoms with Crippen LogP contribution >= 0.6 is 0 Å². The molecule has 2 aromatic heterocycles. The number of piperazine rings is 1. The molecular formula is C26H26F2N4O3. The molecule has 0 spiro atoms. The first-order valence-corrected chi connectivity index (χ1v) is 11.3. The molecule has 4 aromatic rings. The van der Waals surface area contributed by atoms with E-state index in [1.807, 2.05) is 18.9 Å². The molecule has 1 aliphatic heterocycles. The van der Waals surface area contributed by atoms with Crippen LogP contribution in [0.5, 0.6) is 0 Å². The molecule has 0 bridgehead atoms. The topological polar surface area (TPSA) is 78.7 Å². The third kappa shape index (κ3) is 5.00. The molecule has 0 aliphatic carbocycles. The largest absolute Gasteiger partial charge is 0.477 e. The van der Waals surface area contributed by atoms with Crippen molar-refractivity contribution < 1.29 is 18.7 Å². The van der Waals surface area contributed by atoms with E-state index in [2.05, 4.69) is 9.88 Å². The number of carboxylic acids is 1. The fraction of sp³-hybridized carbons (Fsp3) is 0.269. The van der Waals surface area contributed by atoms with Crippen LogP contribution in [-0.4, -0.2) is 58.8 Å². The fourth-order valence-corrected chi connectivity index (χ4v) is 4.17. The first-order chi connectivity index (χ1) is 16.8. The van der Waals surface area contributed by atoms with Gasteiger partial charge in [0.2, 0.25) is 5.43 Å². The zero-order valence-corrected chi connectivity index (χ0v) is 19.5. The highest BCUT2D eigenvalue weighted by molar-refractivity contribution is 5.93. The number of pyridine rings is 2. The number of carbonyl (C=O) groups is 1. The van der Waals surface area contributed by atoms with Gasteiger partial charge in [0.1, 0.15) is 17.2 Å². The van der Waals surface area contributed by atoms with Crippen molar-refractivity contribution in [3.8, 4) is 0 Å². The molecular weight excluding hydrogens is 454 g/mol. The highest BCUT2D eigenvalue weighted by Gasteiger charge is 2.21. The third-order valence-electron chi connectivity index (χ3n) is 6.16. The summed E-state index contributed by atoms with van der Waals surface area (Å²) >= 11 is 0. The van der Waals surface area contributed by atoms with Crippen molar-refractivity contribution in [2.24, 2.45) is 0 Å². The summed E-state index contributed by atoms with van der Waals surface area (Å²) in [7, 11) is 2.02. The summed E-state index contributed by atoms with van der Waals surface area (Å²) in [6.45, 7) is 5.45. The van der Waals surface area contributed by atoms with E-state index in [0.717, 1.165) is 13.1 Å². The number of halogens is 2. The highest BCUT2D eigenvalue weighted by atomic mass is 19.1. The number of hydrogen-bond acceptors (Lipinski definition) is 5. The molecule has 1 fully saturated rings. The number of rotatable bonds is 3. The molecule has 5 rings (SSSR count). The minimum atomic E-state index is -1.30. The lowest BCUT2D eigenvalue weighted by Crippen LogP contribution is -2.44. The van der Waals surface area contributed by atoms with Crippen molar-refractivity contribution in [1.82, 2.24) is 14.5 Å². The maximum absolute atomic E-state index is 14.6. The van der Waals surface area contributed by atoms with Crippen LogP contribution in [0.3, 0.4) is 0 Å². The average Bonchev–Trinajstić information content (AvgIpc) is 2.85. The number of nitrogens with zero attached hydrogens (tertiary/aromatic N) is 4. The molecule has 7 nitrogen and oxygen atoms in total. The van der Waals surface area contributed by atoms with Gasteiger partial charge in [0, 0.05) is 55.9 Å². The van der Waals surface area contributed by atoms with Crippen molar-refractivity contribution >= 4 is 33.5 Å². The van der Waals surface area contributed by atoms with Crippen LogP contribution in [0, 0.1) is 11.6 Å². The molecule has 3 heterocycles. The van der Waals surface area contributed by atoms with E-state index in [0.29, 0.717) is 41.7 Å². The van der Waals surface area contributed by atoms with Crippen LogP contribution in [-0.2, 0) is 6.54 Å². The lowest BCUT2D eigenvalue weighted by molar-refractivity contribution is 0.0695. The molecule has 2 aromatic carbocycles. The molecule has 1 saturated heterocycles. The van der Waals surface area contributed by atoms with Crippen molar-refractivity contribution in [3.63, 3.8) is 0 Å². The Bertz CT molecular complexity index is 1440. The predicted octanol–water partition coefficient (Wildman–Crippen LogP) is 3.98. The van der Waals surface area contributed by atoms with Gasteiger partial charge in [0.05, 0.1) is 16.7 Å². The van der Waals surface area contributed by atoms with Crippen LogP contribution in [0.4, 0.5) is 14.5 Å². The third-order valence-corrected chi connectivity index (χ3v) is 6.16. The molecule has 0 amide bonds. The van der Waals surface area contributed by atoms with Gasteiger partial charge in [-0.1, -0.05) is 6.07 Å². The lowest BCUT2D eigenvalue weighted by atomic mass is 10.1. The number of anilines is 1. The van der Waals surface area contributed by atoms with E-state index in [1.165, 1.54) is 18.3 Å². The zero-order chi connectivity index (χ0) is 25.1. The Kier molecular flexibility index (Phi) is 7.07. The van der Waals surface area contributed by atoms with Crippen LogP contribution in [0.1, 0.15) is 17.3 Å². The monoisotopic (exact) mass is 480 g/mol. The summed E-state index contributed by atoms with van der Waals surface area (Å²) in [4.78, 5) is 31.7. The normalized spacial score (nSPS) is 14.1. The summed E-state index contributed by atoms with van der Waals surface area (Å²) in [5, 5.41) is 9.86. The maximum atomic E-state index is 14.6. The number of likely N-dealkylation sites (N-methyl/N-ethyl adjacent to an activating group) is 1. The van der Waals surface area contributed by atoms with Gasteiger partial charge >= 0.3 is 5.97 Å². The molecule has 1 aliphatic rings. The smallest absolute Gasteiger partial charge is 0.341 e.